The molecule has 1 heterocycles. The standard InChI is InChI=1S/C19H21N3O2.ClH/c23-18(13-17-7-4-12-20-17)21-16-10-8-14(9-11-16)19(24)22-15-5-2-1-3-6-15;/h1-3,5-6,8-11,17,20H,4,7,12-13H2,(H,21,23)(H,22,24);1H. The molecule has 5 nitrogen and oxygen atoms in total. The summed E-state index contributed by atoms with van der Waals surface area (Å²) in [5.74, 6) is -0.176. The quantitative estimate of drug-likeness (QED) is 0.765. The Kier molecular flexibility index (Phi) is 6.98. The van der Waals surface area contributed by atoms with E-state index in [4.69, 9.17) is 0 Å². The zero-order valence-corrected chi connectivity index (χ0v) is 14.6. The van der Waals surface area contributed by atoms with Gasteiger partial charge in [0.25, 0.3) is 5.91 Å². The summed E-state index contributed by atoms with van der Waals surface area (Å²) < 4.78 is 0. The summed E-state index contributed by atoms with van der Waals surface area (Å²) in [6.45, 7) is 0.989. The van der Waals surface area contributed by atoms with Crippen LogP contribution in [0.1, 0.15) is 29.6 Å². The molecule has 1 aliphatic rings. The lowest BCUT2D eigenvalue weighted by atomic mass is 10.1. The third-order valence-electron chi connectivity index (χ3n) is 4.06. The van der Waals surface area contributed by atoms with Crippen molar-refractivity contribution in [2.75, 3.05) is 17.2 Å². The van der Waals surface area contributed by atoms with Crippen molar-refractivity contribution in [3.63, 3.8) is 0 Å². The molecule has 2 aromatic carbocycles. The lowest BCUT2D eigenvalue weighted by molar-refractivity contribution is -0.116. The van der Waals surface area contributed by atoms with Gasteiger partial charge in [-0.2, -0.15) is 0 Å². The van der Waals surface area contributed by atoms with Crippen molar-refractivity contribution in [2.45, 2.75) is 25.3 Å². The first-order chi connectivity index (χ1) is 11.7. The van der Waals surface area contributed by atoms with Crippen LogP contribution in [0.5, 0.6) is 0 Å². The molecule has 1 atom stereocenters. The smallest absolute Gasteiger partial charge is 0.255 e. The van der Waals surface area contributed by atoms with E-state index in [1.54, 1.807) is 24.3 Å². The van der Waals surface area contributed by atoms with Crippen LogP contribution in [0.2, 0.25) is 0 Å². The number of anilines is 2. The summed E-state index contributed by atoms with van der Waals surface area (Å²) in [6.07, 6.45) is 2.66. The third-order valence-corrected chi connectivity index (χ3v) is 4.06. The first-order valence-corrected chi connectivity index (χ1v) is 8.20. The maximum atomic E-state index is 12.2. The second-order valence-electron chi connectivity index (χ2n) is 5.94. The fourth-order valence-electron chi connectivity index (χ4n) is 2.80. The lowest BCUT2D eigenvalue weighted by Crippen LogP contribution is -2.27. The summed E-state index contributed by atoms with van der Waals surface area (Å²) in [5.41, 5.74) is 2.01. The molecule has 1 unspecified atom stereocenters. The van der Waals surface area contributed by atoms with E-state index in [0.29, 0.717) is 17.7 Å². The van der Waals surface area contributed by atoms with Gasteiger partial charge in [-0.05, 0) is 55.8 Å². The van der Waals surface area contributed by atoms with Crippen molar-refractivity contribution in [1.82, 2.24) is 5.32 Å². The van der Waals surface area contributed by atoms with Crippen LogP contribution in [0.3, 0.4) is 0 Å². The molecule has 6 heteroatoms. The average Bonchev–Trinajstić information content (AvgIpc) is 3.09. The van der Waals surface area contributed by atoms with E-state index >= 15 is 0 Å². The average molecular weight is 360 g/mol. The van der Waals surface area contributed by atoms with Gasteiger partial charge in [-0.1, -0.05) is 18.2 Å². The second kappa shape index (κ2) is 9.20. The zero-order valence-electron chi connectivity index (χ0n) is 13.8. The zero-order chi connectivity index (χ0) is 16.8. The van der Waals surface area contributed by atoms with Gasteiger partial charge in [-0.15, -0.1) is 12.4 Å². The molecule has 3 N–H and O–H groups in total. The lowest BCUT2D eigenvalue weighted by Gasteiger charge is -2.11. The normalized spacial score (nSPS) is 15.9. The first-order valence-electron chi connectivity index (χ1n) is 8.20. The molecule has 0 bridgehead atoms. The molecule has 3 rings (SSSR count). The van der Waals surface area contributed by atoms with Crippen molar-refractivity contribution in [2.24, 2.45) is 0 Å². The highest BCUT2D eigenvalue weighted by Gasteiger charge is 2.17. The van der Waals surface area contributed by atoms with Gasteiger partial charge in [0.05, 0.1) is 0 Å². The van der Waals surface area contributed by atoms with Crippen LogP contribution in [0.25, 0.3) is 0 Å². The molecular formula is C19H22ClN3O2. The van der Waals surface area contributed by atoms with Gasteiger partial charge in [0.1, 0.15) is 0 Å². The molecule has 1 saturated heterocycles. The Bertz CT molecular complexity index is 698. The van der Waals surface area contributed by atoms with E-state index in [1.165, 1.54) is 0 Å². The Morgan fingerprint density at radius 3 is 2.28 bits per heavy atom. The van der Waals surface area contributed by atoms with Crippen LogP contribution in [-0.4, -0.2) is 24.4 Å². The highest BCUT2D eigenvalue weighted by atomic mass is 35.5. The topological polar surface area (TPSA) is 70.2 Å². The number of hydrogen-bond acceptors (Lipinski definition) is 3. The van der Waals surface area contributed by atoms with Gasteiger partial charge >= 0.3 is 0 Å². The van der Waals surface area contributed by atoms with Gasteiger partial charge in [0, 0.05) is 29.4 Å². The van der Waals surface area contributed by atoms with Crippen molar-refractivity contribution >= 4 is 35.6 Å². The molecule has 0 radical (unpaired) electrons. The van der Waals surface area contributed by atoms with Crippen LogP contribution in [0.4, 0.5) is 11.4 Å². The number of para-hydroxylation sites is 1. The Morgan fingerprint density at radius 1 is 0.960 bits per heavy atom. The van der Waals surface area contributed by atoms with E-state index in [-0.39, 0.29) is 30.3 Å². The van der Waals surface area contributed by atoms with Gasteiger partial charge in [-0.3, -0.25) is 9.59 Å². The summed E-state index contributed by atoms with van der Waals surface area (Å²) in [6, 6.07) is 16.5. The van der Waals surface area contributed by atoms with Crippen molar-refractivity contribution in [1.29, 1.82) is 0 Å². The van der Waals surface area contributed by atoms with Crippen molar-refractivity contribution in [3.8, 4) is 0 Å². The molecule has 25 heavy (non-hydrogen) atoms. The van der Waals surface area contributed by atoms with E-state index < -0.39 is 0 Å². The molecule has 0 aliphatic carbocycles. The Balaban J connectivity index is 0.00000225. The van der Waals surface area contributed by atoms with Crippen LogP contribution in [0, 0.1) is 0 Å². The molecule has 132 valence electrons. The minimum absolute atomic E-state index is 0. The summed E-state index contributed by atoms with van der Waals surface area (Å²) >= 11 is 0. The molecule has 2 aromatic rings. The molecule has 1 aliphatic heterocycles. The van der Waals surface area contributed by atoms with Crippen LogP contribution in [0.15, 0.2) is 54.6 Å². The Labute approximate surface area is 153 Å². The largest absolute Gasteiger partial charge is 0.326 e. The number of carbonyl (C=O) groups is 2. The molecule has 0 spiro atoms. The van der Waals surface area contributed by atoms with E-state index in [2.05, 4.69) is 16.0 Å². The fraction of sp³-hybridized carbons (Fsp3) is 0.263. The van der Waals surface area contributed by atoms with Crippen LogP contribution in [-0.2, 0) is 4.79 Å². The predicted octanol–water partition coefficient (Wildman–Crippen LogP) is 3.44. The maximum Gasteiger partial charge on any atom is 0.255 e. The van der Waals surface area contributed by atoms with Gasteiger partial charge < -0.3 is 16.0 Å². The fourth-order valence-corrected chi connectivity index (χ4v) is 2.80. The number of rotatable bonds is 5. The molecule has 1 fully saturated rings. The highest BCUT2D eigenvalue weighted by molar-refractivity contribution is 6.04. The van der Waals surface area contributed by atoms with Crippen LogP contribution >= 0.6 is 12.4 Å². The van der Waals surface area contributed by atoms with Crippen molar-refractivity contribution in [3.05, 3.63) is 60.2 Å². The summed E-state index contributed by atoms with van der Waals surface area (Å²) in [4.78, 5) is 24.2. The summed E-state index contributed by atoms with van der Waals surface area (Å²) in [7, 11) is 0. The number of benzene rings is 2. The Morgan fingerprint density at radius 2 is 1.64 bits per heavy atom. The number of amides is 2. The minimum Gasteiger partial charge on any atom is -0.326 e. The first kappa shape index (κ1) is 19.0. The second-order valence-corrected chi connectivity index (χ2v) is 5.94. The SMILES string of the molecule is Cl.O=C(CC1CCCN1)Nc1ccc(C(=O)Nc2ccccc2)cc1. The van der Waals surface area contributed by atoms with Gasteiger partial charge in [0.15, 0.2) is 0 Å². The van der Waals surface area contributed by atoms with E-state index in [9.17, 15) is 9.59 Å². The van der Waals surface area contributed by atoms with Gasteiger partial charge in [0.2, 0.25) is 5.91 Å². The number of halogens is 1. The van der Waals surface area contributed by atoms with Crippen LogP contribution < -0.4 is 16.0 Å². The minimum atomic E-state index is -0.172. The van der Waals surface area contributed by atoms with E-state index in [0.717, 1.165) is 25.1 Å². The molecule has 2 amide bonds. The van der Waals surface area contributed by atoms with E-state index in [1.807, 2.05) is 30.3 Å². The number of carbonyl (C=O) groups excluding carboxylic acids is 2. The highest BCUT2D eigenvalue weighted by Crippen LogP contribution is 2.14. The molecular weight excluding hydrogens is 338 g/mol. The number of nitrogens with one attached hydrogen (secondary N) is 3. The van der Waals surface area contributed by atoms with Crippen molar-refractivity contribution < 1.29 is 9.59 Å². The maximum absolute atomic E-state index is 12.2. The van der Waals surface area contributed by atoms with Gasteiger partial charge in [-0.25, -0.2) is 0 Å². The molecule has 0 aromatic heterocycles. The monoisotopic (exact) mass is 359 g/mol. The molecule has 0 saturated carbocycles. The number of hydrogen-bond donors (Lipinski definition) is 3. The summed E-state index contributed by atoms with van der Waals surface area (Å²) in [5, 5.41) is 9.01. The third kappa shape index (κ3) is 5.59. The Hall–Kier alpha value is -2.37. The predicted molar refractivity (Wildman–Crippen MR) is 102 cm³/mol.